The molecular formula is C32H52O2Sn. The van der Waals surface area contributed by atoms with E-state index < -0.39 is 24.0 Å². The number of rotatable bonds is 11. The Morgan fingerprint density at radius 2 is 1.60 bits per heavy atom. The minimum atomic E-state index is -2.42. The van der Waals surface area contributed by atoms with Gasteiger partial charge in [-0.05, 0) is 0 Å². The molecular weight excluding hydrogens is 535 g/mol. The summed E-state index contributed by atoms with van der Waals surface area (Å²) >= 11 is -2.42. The molecule has 0 saturated heterocycles. The second-order valence-electron chi connectivity index (χ2n) is 12.7. The van der Waals surface area contributed by atoms with Crippen LogP contribution in [0.5, 0.6) is 5.75 Å². The molecule has 2 saturated carbocycles. The average molecular weight is 587 g/mol. The van der Waals surface area contributed by atoms with Crippen LogP contribution in [0.3, 0.4) is 0 Å². The minimum absolute atomic E-state index is 0.0109. The summed E-state index contributed by atoms with van der Waals surface area (Å²) in [5.74, 6) is 2.32. The van der Waals surface area contributed by atoms with Crippen LogP contribution in [0, 0.1) is 17.3 Å². The Bertz CT molecular complexity index is 857. The third kappa shape index (κ3) is 5.40. The van der Waals surface area contributed by atoms with Gasteiger partial charge in [-0.25, -0.2) is 0 Å². The van der Waals surface area contributed by atoms with Gasteiger partial charge < -0.3 is 0 Å². The van der Waals surface area contributed by atoms with Crippen LogP contribution in [-0.2, 0) is 6.42 Å². The molecule has 196 valence electrons. The standard InChI is InChI=1S/C20H25O2.3C4H9.Sn/c1-3-20(22)11-9-18-17-6-4-13-12-14(21)5-7-15(13)16(17)8-10-19(18,20)2;3*1-3-4-2;/h1,3,5,7,12,16-18,21-22H,4,6,8-11H2,2H3;3*1,3-4H2,2H3;/t16-,17-,18+,19+,20-;;;;/m1..../s1. The van der Waals surface area contributed by atoms with Gasteiger partial charge in [0.15, 0.2) is 0 Å². The number of benzene rings is 1. The number of aryl methyl sites for hydroxylation is 1. The molecule has 0 spiro atoms. The maximum atomic E-state index is 12.3. The zero-order valence-electron chi connectivity index (χ0n) is 23.1. The van der Waals surface area contributed by atoms with Crippen molar-refractivity contribution in [1.29, 1.82) is 0 Å². The Morgan fingerprint density at radius 3 is 2.23 bits per heavy atom. The summed E-state index contributed by atoms with van der Waals surface area (Å²) in [6.45, 7) is 9.48. The van der Waals surface area contributed by atoms with Crippen molar-refractivity contribution in [3.63, 3.8) is 0 Å². The van der Waals surface area contributed by atoms with Crippen molar-refractivity contribution >= 4 is 18.4 Å². The fourth-order valence-electron chi connectivity index (χ4n) is 8.42. The van der Waals surface area contributed by atoms with Crippen LogP contribution >= 0.6 is 0 Å². The third-order valence-corrected chi connectivity index (χ3v) is 24.8. The predicted octanol–water partition coefficient (Wildman–Crippen LogP) is 8.92. The van der Waals surface area contributed by atoms with Crippen molar-refractivity contribution in [1.82, 2.24) is 0 Å². The fraction of sp³-hybridized carbons (Fsp3) is 0.750. The van der Waals surface area contributed by atoms with Crippen LogP contribution in [0.4, 0.5) is 0 Å². The van der Waals surface area contributed by atoms with E-state index in [9.17, 15) is 10.2 Å². The molecule has 0 aromatic heterocycles. The molecule has 1 aromatic carbocycles. The molecule has 5 atom stereocenters. The molecule has 2 nitrogen and oxygen atoms in total. The zero-order valence-corrected chi connectivity index (χ0v) is 26.0. The van der Waals surface area contributed by atoms with E-state index in [1.807, 2.05) is 12.1 Å². The van der Waals surface area contributed by atoms with E-state index in [2.05, 4.69) is 43.9 Å². The molecule has 4 rings (SSSR count). The van der Waals surface area contributed by atoms with Gasteiger partial charge in [-0.15, -0.1) is 0 Å². The predicted molar refractivity (Wildman–Crippen MR) is 152 cm³/mol. The zero-order chi connectivity index (χ0) is 25.1. The Hall–Kier alpha value is -0.481. The molecule has 3 aliphatic rings. The number of unbranched alkanes of at least 4 members (excludes halogenated alkanes) is 3. The molecule has 35 heavy (non-hydrogen) atoms. The summed E-state index contributed by atoms with van der Waals surface area (Å²) in [7, 11) is 0. The molecule has 2 fully saturated rings. The monoisotopic (exact) mass is 588 g/mol. The van der Waals surface area contributed by atoms with Gasteiger partial charge in [0.1, 0.15) is 0 Å². The maximum absolute atomic E-state index is 12.3. The van der Waals surface area contributed by atoms with Gasteiger partial charge in [0.25, 0.3) is 0 Å². The topological polar surface area (TPSA) is 40.5 Å². The van der Waals surface area contributed by atoms with Gasteiger partial charge in [-0.3, -0.25) is 0 Å². The third-order valence-electron chi connectivity index (χ3n) is 10.7. The number of hydrogen-bond donors (Lipinski definition) is 2. The van der Waals surface area contributed by atoms with Gasteiger partial charge in [-0.2, -0.15) is 0 Å². The van der Waals surface area contributed by atoms with Gasteiger partial charge in [0.05, 0.1) is 0 Å². The molecule has 0 radical (unpaired) electrons. The van der Waals surface area contributed by atoms with Crippen LogP contribution < -0.4 is 0 Å². The fourth-order valence-corrected chi connectivity index (χ4v) is 22.8. The van der Waals surface area contributed by atoms with Crippen molar-refractivity contribution in [2.24, 2.45) is 17.3 Å². The molecule has 0 bridgehead atoms. The van der Waals surface area contributed by atoms with Crippen LogP contribution in [0.25, 0.3) is 0 Å². The van der Waals surface area contributed by atoms with Crippen LogP contribution in [0.1, 0.15) is 115 Å². The van der Waals surface area contributed by atoms with Crippen molar-refractivity contribution < 1.29 is 10.2 Å². The van der Waals surface area contributed by atoms with Crippen molar-refractivity contribution in [2.45, 2.75) is 130 Å². The normalized spacial score (nSPS) is 32.4. The molecule has 3 aliphatic carbocycles. The van der Waals surface area contributed by atoms with E-state index in [4.69, 9.17) is 0 Å². The van der Waals surface area contributed by atoms with E-state index in [1.54, 1.807) is 0 Å². The van der Waals surface area contributed by atoms with Crippen LogP contribution in [0.15, 0.2) is 28.4 Å². The van der Waals surface area contributed by atoms with E-state index in [1.165, 1.54) is 82.2 Å². The first-order valence-corrected chi connectivity index (χ1v) is 22.8. The van der Waals surface area contributed by atoms with Gasteiger partial charge in [-0.1, -0.05) is 0 Å². The summed E-state index contributed by atoms with van der Waals surface area (Å²) in [6, 6.07) is 6.09. The molecule has 0 amide bonds. The first kappa shape index (κ1) is 27.6. The molecule has 1 aromatic rings. The number of phenols is 1. The molecule has 2 N–H and O–H groups in total. The molecule has 0 heterocycles. The van der Waals surface area contributed by atoms with Crippen molar-refractivity contribution in [3.05, 3.63) is 39.5 Å². The molecule has 0 aliphatic heterocycles. The van der Waals surface area contributed by atoms with E-state index in [0.29, 0.717) is 23.5 Å². The number of fused-ring (bicyclic) bond motifs is 5. The van der Waals surface area contributed by atoms with E-state index >= 15 is 0 Å². The molecule has 3 heteroatoms. The van der Waals surface area contributed by atoms with E-state index in [0.717, 1.165) is 19.3 Å². The van der Waals surface area contributed by atoms with Crippen LogP contribution in [-0.4, -0.2) is 34.2 Å². The first-order valence-electron chi connectivity index (χ1n) is 15.1. The summed E-state index contributed by atoms with van der Waals surface area (Å²) in [5, 5.41) is 22.3. The van der Waals surface area contributed by atoms with Crippen molar-refractivity contribution in [2.75, 3.05) is 0 Å². The Kier molecular flexibility index (Phi) is 9.05. The van der Waals surface area contributed by atoms with Crippen LogP contribution in [0.2, 0.25) is 13.3 Å². The summed E-state index contributed by atoms with van der Waals surface area (Å²) < 4.78 is 7.18. The summed E-state index contributed by atoms with van der Waals surface area (Å²) in [4.78, 5) is 0. The summed E-state index contributed by atoms with van der Waals surface area (Å²) in [5.41, 5.74) is 2.24. The number of phenolic OH excluding ortho intramolecular Hbond substituents is 1. The number of aliphatic hydroxyl groups is 1. The summed E-state index contributed by atoms with van der Waals surface area (Å²) in [6.07, 6.45) is 17.2. The first-order chi connectivity index (χ1) is 16.8. The van der Waals surface area contributed by atoms with Gasteiger partial charge >= 0.3 is 221 Å². The quantitative estimate of drug-likeness (QED) is 0.254. The second kappa shape index (κ2) is 11.5. The van der Waals surface area contributed by atoms with E-state index in [-0.39, 0.29) is 5.41 Å². The average Bonchev–Trinajstić information content (AvgIpc) is 3.13. The van der Waals surface area contributed by atoms with Crippen molar-refractivity contribution in [3.8, 4) is 5.75 Å². The Morgan fingerprint density at radius 1 is 0.943 bits per heavy atom. The van der Waals surface area contributed by atoms with Gasteiger partial charge in [0, 0.05) is 0 Å². The SMILES string of the molecule is CCC[CH2][Sn]([CH]=C[C@@]1(O)CC[C@H]2[C@@H]3CCc4cc(O)ccc4[C@H]3CC[C@@]21C)([CH2]CCC)[CH2]CCC. The van der Waals surface area contributed by atoms with Gasteiger partial charge in [0.2, 0.25) is 0 Å². The second-order valence-corrected chi connectivity index (χ2v) is 25.7. The number of hydrogen-bond acceptors (Lipinski definition) is 2. The Balaban J connectivity index is 1.58. The molecule has 0 unspecified atom stereocenters. The number of aromatic hydroxyl groups is 1. The Labute approximate surface area is 219 Å².